The van der Waals surface area contributed by atoms with Crippen LogP contribution in [-0.2, 0) is 11.3 Å². The van der Waals surface area contributed by atoms with Crippen LogP contribution < -0.4 is 20.1 Å². The van der Waals surface area contributed by atoms with Crippen molar-refractivity contribution < 1.29 is 23.5 Å². The Bertz CT molecular complexity index is 1140. The number of carbonyl (C=O) groups excluding carboxylic acids is 2. The topological polar surface area (TPSA) is 89.8 Å². The van der Waals surface area contributed by atoms with Crippen molar-refractivity contribution in [2.45, 2.75) is 6.54 Å². The molecule has 0 fully saturated rings. The minimum absolute atomic E-state index is 0.00943. The second-order valence-electron chi connectivity index (χ2n) is 6.52. The van der Waals surface area contributed by atoms with Gasteiger partial charge in [-0.05, 0) is 48.0 Å². The first-order valence-corrected chi connectivity index (χ1v) is 10.2. The quantitative estimate of drug-likeness (QED) is 0.462. The molecular weight excluding hydrogens is 455 g/mol. The highest BCUT2D eigenvalue weighted by Crippen LogP contribution is 2.27. The van der Waals surface area contributed by atoms with Gasteiger partial charge in [-0.3, -0.25) is 9.59 Å². The van der Waals surface area contributed by atoms with Crippen molar-refractivity contribution in [1.82, 2.24) is 10.6 Å². The Balaban J connectivity index is 1.80. The minimum atomic E-state index is -0.527. The van der Waals surface area contributed by atoms with Crippen molar-refractivity contribution >= 4 is 41.1 Å². The van der Waals surface area contributed by atoms with Crippen LogP contribution >= 0.6 is 23.2 Å². The lowest BCUT2D eigenvalue weighted by atomic mass is 10.1. The molecule has 0 aliphatic rings. The molecule has 0 saturated heterocycles. The number of carbonyl (C=O) groups is 2. The maximum absolute atomic E-state index is 12.9. The summed E-state index contributed by atoms with van der Waals surface area (Å²) < 4.78 is 15.7. The first-order chi connectivity index (χ1) is 15.4. The zero-order valence-electron chi connectivity index (χ0n) is 17.3. The van der Waals surface area contributed by atoms with Crippen LogP contribution in [-0.4, -0.2) is 26.0 Å². The van der Waals surface area contributed by atoms with E-state index in [9.17, 15) is 9.59 Å². The van der Waals surface area contributed by atoms with Gasteiger partial charge in [0.1, 0.15) is 11.5 Å². The average molecular weight is 475 g/mol. The zero-order valence-corrected chi connectivity index (χ0v) is 18.8. The Morgan fingerprint density at radius 3 is 2.47 bits per heavy atom. The molecule has 0 aliphatic carbocycles. The van der Waals surface area contributed by atoms with Gasteiger partial charge in [0.15, 0.2) is 11.5 Å². The predicted octanol–water partition coefficient (Wildman–Crippen LogP) is 4.69. The van der Waals surface area contributed by atoms with Crippen LogP contribution in [0.25, 0.3) is 6.08 Å². The summed E-state index contributed by atoms with van der Waals surface area (Å²) in [5.74, 6) is 0.225. The fourth-order valence-electron chi connectivity index (χ4n) is 2.78. The van der Waals surface area contributed by atoms with Crippen molar-refractivity contribution in [3.05, 3.63) is 87.4 Å². The number of hydrogen-bond donors (Lipinski definition) is 2. The molecule has 9 heteroatoms. The molecule has 0 saturated carbocycles. The van der Waals surface area contributed by atoms with Gasteiger partial charge in [0.2, 0.25) is 0 Å². The van der Waals surface area contributed by atoms with E-state index in [-0.39, 0.29) is 17.8 Å². The normalized spacial score (nSPS) is 11.1. The summed E-state index contributed by atoms with van der Waals surface area (Å²) in [6.07, 6.45) is 2.89. The minimum Gasteiger partial charge on any atom is -0.493 e. The van der Waals surface area contributed by atoms with Crippen molar-refractivity contribution in [2.75, 3.05) is 14.2 Å². The summed E-state index contributed by atoms with van der Waals surface area (Å²) in [6, 6.07) is 13.0. The van der Waals surface area contributed by atoms with Crippen LogP contribution in [0.4, 0.5) is 0 Å². The molecule has 0 spiro atoms. The summed E-state index contributed by atoms with van der Waals surface area (Å²) in [5.41, 5.74) is 0.944. The molecule has 0 unspecified atom stereocenters. The third-order valence-electron chi connectivity index (χ3n) is 4.42. The van der Waals surface area contributed by atoms with E-state index >= 15 is 0 Å². The molecule has 7 nitrogen and oxygen atoms in total. The van der Waals surface area contributed by atoms with Gasteiger partial charge in [-0.1, -0.05) is 29.3 Å². The summed E-state index contributed by atoms with van der Waals surface area (Å²) in [6.45, 7) is 0.135. The van der Waals surface area contributed by atoms with Gasteiger partial charge in [0.25, 0.3) is 11.8 Å². The lowest BCUT2D eigenvalue weighted by Gasteiger charge is -2.13. The van der Waals surface area contributed by atoms with Crippen LogP contribution in [0, 0.1) is 0 Å². The second kappa shape index (κ2) is 10.7. The smallest absolute Gasteiger partial charge is 0.268 e. The average Bonchev–Trinajstić information content (AvgIpc) is 3.30. The van der Waals surface area contributed by atoms with Gasteiger partial charge < -0.3 is 24.5 Å². The summed E-state index contributed by atoms with van der Waals surface area (Å²) in [7, 11) is 2.97. The lowest BCUT2D eigenvalue weighted by Crippen LogP contribution is -2.34. The van der Waals surface area contributed by atoms with E-state index in [0.717, 1.165) is 0 Å². The Hall–Kier alpha value is -3.42. The number of rotatable bonds is 8. The van der Waals surface area contributed by atoms with E-state index in [1.165, 1.54) is 32.6 Å². The highest BCUT2D eigenvalue weighted by molar-refractivity contribution is 6.35. The van der Waals surface area contributed by atoms with Crippen molar-refractivity contribution in [3.63, 3.8) is 0 Å². The van der Waals surface area contributed by atoms with Gasteiger partial charge in [0.05, 0.1) is 20.5 Å². The predicted molar refractivity (Wildman–Crippen MR) is 122 cm³/mol. The number of halogens is 2. The number of benzene rings is 2. The van der Waals surface area contributed by atoms with E-state index in [1.54, 1.807) is 42.5 Å². The van der Waals surface area contributed by atoms with Gasteiger partial charge in [-0.2, -0.15) is 0 Å². The molecule has 1 aromatic heterocycles. The highest BCUT2D eigenvalue weighted by atomic mass is 35.5. The fraction of sp³-hybridized carbons (Fsp3) is 0.130. The van der Waals surface area contributed by atoms with Crippen LogP contribution in [0.5, 0.6) is 11.5 Å². The van der Waals surface area contributed by atoms with Crippen LogP contribution in [0.15, 0.2) is 64.9 Å². The number of hydrogen-bond acceptors (Lipinski definition) is 5. The third-order valence-corrected chi connectivity index (χ3v) is 5.01. The van der Waals surface area contributed by atoms with Crippen molar-refractivity contribution in [3.8, 4) is 11.5 Å². The number of amides is 2. The molecule has 0 aliphatic heterocycles. The summed E-state index contributed by atoms with van der Waals surface area (Å²) >= 11 is 12.1. The number of nitrogens with one attached hydrogen (secondary N) is 2. The van der Waals surface area contributed by atoms with E-state index in [0.29, 0.717) is 32.9 Å². The van der Waals surface area contributed by atoms with Crippen LogP contribution in [0.2, 0.25) is 10.0 Å². The standard InChI is InChI=1S/C23H20Cl2N2O5/c1-30-20-8-6-14(10-21(20)31-2)22(28)27-19(12-17-4-3-9-32-17)23(29)26-13-15-5-7-16(24)11-18(15)25/h3-12H,13H2,1-2H3,(H,26,29)(H,27,28)/b19-12-. The maximum atomic E-state index is 12.9. The Morgan fingerprint density at radius 1 is 1.03 bits per heavy atom. The van der Waals surface area contributed by atoms with E-state index in [1.807, 2.05) is 0 Å². The first-order valence-electron chi connectivity index (χ1n) is 9.42. The molecule has 2 N–H and O–H groups in total. The molecule has 2 aromatic carbocycles. The molecule has 166 valence electrons. The maximum Gasteiger partial charge on any atom is 0.268 e. The number of methoxy groups -OCH3 is 2. The first kappa shape index (κ1) is 23.2. The van der Waals surface area contributed by atoms with E-state index < -0.39 is 11.8 Å². The van der Waals surface area contributed by atoms with Crippen LogP contribution in [0.1, 0.15) is 21.7 Å². The Kier molecular flexibility index (Phi) is 7.81. The molecule has 2 amide bonds. The molecule has 0 atom stereocenters. The fourth-order valence-corrected chi connectivity index (χ4v) is 3.26. The van der Waals surface area contributed by atoms with E-state index in [4.69, 9.17) is 37.1 Å². The van der Waals surface area contributed by atoms with Gasteiger partial charge in [-0.15, -0.1) is 0 Å². The molecule has 0 radical (unpaired) electrons. The third kappa shape index (κ3) is 5.84. The molecule has 0 bridgehead atoms. The van der Waals surface area contributed by atoms with Crippen molar-refractivity contribution in [1.29, 1.82) is 0 Å². The van der Waals surface area contributed by atoms with Gasteiger partial charge in [-0.25, -0.2) is 0 Å². The monoisotopic (exact) mass is 474 g/mol. The van der Waals surface area contributed by atoms with Crippen LogP contribution in [0.3, 0.4) is 0 Å². The number of ether oxygens (including phenoxy) is 2. The zero-order chi connectivity index (χ0) is 23.1. The molecule has 1 heterocycles. The summed E-state index contributed by atoms with van der Waals surface area (Å²) in [4.78, 5) is 25.7. The Morgan fingerprint density at radius 2 is 1.81 bits per heavy atom. The molecular formula is C23H20Cl2N2O5. The largest absolute Gasteiger partial charge is 0.493 e. The SMILES string of the molecule is COc1ccc(C(=O)N/C(=C\c2ccco2)C(=O)NCc2ccc(Cl)cc2Cl)cc1OC. The van der Waals surface area contributed by atoms with E-state index in [2.05, 4.69) is 10.6 Å². The highest BCUT2D eigenvalue weighted by Gasteiger charge is 2.17. The summed E-state index contributed by atoms with van der Waals surface area (Å²) in [5, 5.41) is 6.26. The number of furan rings is 1. The lowest BCUT2D eigenvalue weighted by molar-refractivity contribution is -0.117. The molecule has 3 rings (SSSR count). The second-order valence-corrected chi connectivity index (χ2v) is 7.36. The molecule has 32 heavy (non-hydrogen) atoms. The van der Waals surface area contributed by atoms with Crippen molar-refractivity contribution in [2.24, 2.45) is 0 Å². The van der Waals surface area contributed by atoms with Gasteiger partial charge >= 0.3 is 0 Å². The van der Waals surface area contributed by atoms with Gasteiger partial charge in [0, 0.05) is 28.2 Å². The Labute approximate surface area is 194 Å². The molecule has 3 aromatic rings.